The molecule has 4 heterocycles. The first-order valence-electron chi connectivity index (χ1n) is 12.4. The predicted molar refractivity (Wildman–Crippen MR) is 138 cm³/mol. The number of anilines is 1. The lowest BCUT2D eigenvalue weighted by Crippen LogP contribution is -2.37. The summed E-state index contributed by atoms with van der Waals surface area (Å²) in [6.07, 6.45) is 2.61. The summed E-state index contributed by atoms with van der Waals surface area (Å²) in [4.78, 5) is 33.0. The fraction of sp³-hybridized carbons (Fsp3) is 0.385. The number of nitrogens with one attached hydrogen (secondary N) is 3. The third-order valence-electron chi connectivity index (χ3n) is 6.46. The molecule has 3 N–H and O–H groups in total. The van der Waals surface area contributed by atoms with E-state index in [4.69, 9.17) is 4.52 Å². The van der Waals surface area contributed by atoms with Gasteiger partial charge in [-0.3, -0.25) is 14.7 Å². The Labute approximate surface area is 218 Å². The van der Waals surface area contributed by atoms with Crippen LogP contribution in [0.15, 0.2) is 35.0 Å². The van der Waals surface area contributed by atoms with Crippen molar-refractivity contribution in [2.24, 2.45) is 0 Å². The standard InChI is InChI=1S/C26H29FN8O3/c1-26(2,3)25-31-20(34-38-25)12-28-11-16-5-4-15(10-19(16)27)18-6-8-29-23-22(18)24(33-32-23)35-9-7-17(13-35)30-21(37)14-36/h4-6,8,10,14,17,28H,7,9,11-13H2,1-3H3,(H,30,37)(H,29,32,33)/t17-/m1/s1. The van der Waals surface area contributed by atoms with Gasteiger partial charge in [-0.15, -0.1) is 0 Å². The Kier molecular flexibility index (Phi) is 6.89. The Morgan fingerprint density at radius 1 is 1.29 bits per heavy atom. The van der Waals surface area contributed by atoms with E-state index in [9.17, 15) is 9.59 Å². The van der Waals surface area contributed by atoms with Gasteiger partial charge in [0.1, 0.15) is 5.82 Å². The van der Waals surface area contributed by atoms with Crippen molar-refractivity contribution in [3.63, 3.8) is 0 Å². The number of H-pyrrole nitrogens is 1. The molecule has 38 heavy (non-hydrogen) atoms. The number of carbonyl (C=O) groups excluding carboxylic acids is 2. The van der Waals surface area contributed by atoms with E-state index in [0.29, 0.717) is 66.9 Å². The largest absolute Gasteiger partial charge is 0.352 e. The lowest BCUT2D eigenvalue weighted by molar-refractivity contribution is -0.131. The highest BCUT2D eigenvalue weighted by molar-refractivity contribution is 6.23. The number of rotatable bonds is 8. The van der Waals surface area contributed by atoms with Crippen LogP contribution in [0.25, 0.3) is 22.2 Å². The molecule has 1 aliphatic rings. The molecule has 3 aromatic heterocycles. The van der Waals surface area contributed by atoms with Crippen LogP contribution < -0.4 is 15.5 Å². The zero-order valence-corrected chi connectivity index (χ0v) is 21.4. The summed E-state index contributed by atoms with van der Waals surface area (Å²) in [6.45, 7) is 7.79. The maximum atomic E-state index is 15.1. The van der Waals surface area contributed by atoms with E-state index >= 15 is 4.39 Å². The van der Waals surface area contributed by atoms with Crippen LogP contribution in [0.4, 0.5) is 10.2 Å². The molecular weight excluding hydrogens is 491 g/mol. The van der Waals surface area contributed by atoms with E-state index in [-0.39, 0.29) is 23.6 Å². The van der Waals surface area contributed by atoms with E-state index in [2.05, 4.69) is 36.0 Å². The Morgan fingerprint density at radius 2 is 2.13 bits per heavy atom. The number of hydrogen-bond acceptors (Lipinski definition) is 9. The number of amides is 1. The Morgan fingerprint density at radius 3 is 2.87 bits per heavy atom. The van der Waals surface area contributed by atoms with Crippen LogP contribution in [0.3, 0.4) is 0 Å². The number of aldehydes is 1. The van der Waals surface area contributed by atoms with Crippen LogP contribution in [0.2, 0.25) is 0 Å². The molecule has 1 aliphatic heterocycles. The highest BCUT2D eigenvalue weighted by atomic mass is 19.1. The van der Waals surface area contributed by atoms with Gasteiger partial charge in [0.2, 0.25) is 12.2 Å². The number of carbonyl (C=O) groups is 2. The number of benzene rings is 1. The number of aromatic amines is 1. The van der Waals surface area contributed by atoms with Crippen LogP contribution in [0, 0.1) is 5.82 Å². The van der Waals surface area contributed by atoms with Crippen molar-refractivity contribution in [3.05, 3.63) is 53.6 Å². The molecule has 1 saturated heterocycles. The van der Waals surface area contributed by atoms with Gasteiger partial charge in [0.15, 0.2) is 17.3 Å². The molecule has 0 aliphatic carbocycles. The van der Waals surface area contributed by atoms with Crippen LogP contribution in [0.5, 0.6) is 0 Å². The van der Waals surface area contributed by atoms with E-state index < -0.39 is 5.91 Å². The highest BCUT2D eigenvalue weighted by Crippen LogP contribution is 2.35. The Hall–Kier alpha value is -4.19. The van der Waals surface area contributed by atoms with E-state index in [0.717, 1.165) is 10.9 Å². The molecule has 198 valence electrons. The van der Waals surface area contributed by atoms with Crippen molar-refractivity contribution in [3.8, 4) is 11.1 Å². The molecule has 0 bridgehead atoms. The summed E-state index contributed by atoms with van der Waals surface area (Å²) in [6, 6.07) is 6.80. The van der Waals surface area contributed by atoms with Crippen LogP contribution in [-0.4, -0.2) is 56.6 Å². The summed E-state index contributed by atoms with van der Waals surface area (Å²) in [5, 5.41) is 18.0. The minimum absolute atomic E-state index is 0.156. The number of fused-ring (bicyclic) bond motifs is 1. The maximum absolute atomic E-state index is 15.1. The second-order valence-corrected chi connectivity index (χ2v) is 10.4. The van der Waals surface area contributed by atoms with Crippen molar-refractivity contribution >= 4 is 29.0 Å². The molecule has 12 heteroatoms. The summed E-state index contributed by atoms with van der Waals surface area (Å²) in [7, 11) is 0. The fourth-order valence-electron chi connectivity index (χ4n) is 4.51. The molecule has 4 aromatic rings. The molecule has 1 amide bonds. The minimum atomic E-state index is -0.636. The van der Waals surface area contributed by atoms with Gasteiger partial charge < -0.3 is 20.1 Å². The van der Waals surface area contributed by atoms with Gasteiger partial charge in [0, 0.05) is 42.9 Å². The monoisotopic (exact) mass is 520 g/mol. The van der Waals surface area contributed by atoms with Crippen molar-refractivity contribution < 1.29 is 18.5 Å². The van der Waals surface area contributed by atoms with Gasteiger partial charge in [-0.25, -0.2) is 9.37 Å². The van der Waals surface area contributed by atoms with Gasteiger partial charge >= 0.3 is 0 Å². The van der Waals surface area contributed by atoms with E-state index in [1.165, 1.54) is 6.07 Å². The first-order valence-corrected chi connectivity index (χ1v) is 12.4. The van der Waals surface area contributed by atoms with Crippen molar-refractivity contribution in [2.45, 2.75) is 51.7 Å². The topological polar surface area (TPSA) is 142 Å². The molecule has 0 saturated carbocycles. The molecule has 1 fully saturated rings. The Bertz CT molecular complexity index is 1470. The number of nitrogens with zero attached hydrogens (tertiary/aromatic N) is 5. The lowest BCUT2D eigenvalue weighted by atomic mass is 9.97. The molecule has 1 aromatic carbocycles. The molecule has 5 rings (SSSR count). The molecule has 0 radical (unpaired) electrons. The second kappa shape index (κ2) is 10.3. The smallest absolute Gasteiger partial charge is 0.284 e. The van der Waals surface area contributed by atoms with E-state index in [1.807, 2.05) is 37.8 Å². The first-order chi connectivity index (χ1) is 18.2. The van der Waals surface area contributed by atoms with E-state index in [1.54, 1.807) is 12.3 Å². The van der Waals surface area contributed by atoms with Gasteiger partial charge in [-0.1, -0.05) is 38.1 Å². The molecule has 0 spiro atoms. The zero-order valence-electron chi connectivity index (χ0n) is 21.4. The number of halogens is 1. The summed E-state index contributed by atoms with van der Waals surface area (Å²) < 4.78 is 20.4. The second-order valence-electron chi connectivity index (χ2n) is 10.4. The normalized spacial score (nSPS) is 15.8. The first kappa shape index (κ1) is 25.5. The maximum Gasteiger partial charge on any atom is 0.284 e. The number of hydrogen-bond donors (Lipinski definition) is 3. The summed E-state index contributed by atoms with van der Waals surface area (Å²) in [5.74, 6) is 0.775. The average Bonchev–Trinajstić information content (AvgIpc) is 3.64. The third-order valence-corrected chi connectivity index (χ3v) is 6.46. The quantitative estimate of drug-likeness (QED) is 0.236. The molecule has 1 atom stereocenters. The lowest BCUT2D eigenvalue weighted by Gasteiger charge is -2.17. The van der Waals surface area contributed by atoms with Crippen molar-refractivity contribution in [1.82, 2.24) is 36.0 Å². The van der Waals surface area contributed by atoms with Crippen molar-refractivity contribution in [1.29, 1.82) is 0 Å². The fourth-order valence-corrected chi connectivity index (χ4v) is 4.51. The third kappa shape index (κ3) is 5.25. The summed E-state index contributed by atoms with van der Waals surface area (Å²) >= 11 is 0. The van der Waals surface area contributed by atoms with Gasteiger partial charge in [0.05, 0.1) is 11.9 Å². The molecule has 11 nitrogen and oxygen atoms in total. The van der Waals surface area contributed by atoms with Crippen LogP contribution in [-0.2, 0) is 28.1 Å². The van der Waals surface area contributed by atoms with Crippen molar-refractivity contribution in [2.75, 3.05) is 18.0 Å². The SMILES string of the molecule is CC(C)(C)c1nc(CNCc2ccc(-c3ccnc4[nH]nc(N5CC[C@@H](NC(=O)C=O)C5)c34)cc2F)no1. The van der Waals surface area contributed by atoms with Gasteiger partial charge in [-0.05, 0) is 29.7 Å². The highest BCUT2D eigenvalue weighted by Gasteiger charge is 2.28. The average molecular weight is 521 g/mol. The van der Waals surface area contributed by atoms with Gasteiger partial charge in [0.25, 0.3) is 5.91 Å². The van der Waals surface area contributed by atoms with Crippen LogP contribution in [0.1, 0.15) is 44.5 Å². The zero-order chi connectivity index (χ0) is 26.9. The Balaban J connectivity index is 1.32. The van der Waals surface area contributed by atoms with Gasteiger partial charge in [-0.2, -0.15) is 10.1 Å². The minimum Gasteiger partial charge on any atom is -0.352 e. The number of pyridine rings is 1. The predicted octanol–water partition coefficient (Wildman–Crippen LogP) is 2.63. The molecule has 0 unspecified atom stereocenters. The summed E-state index contributed by atoms with van der Waals surface area (Å²) in [5.41, 5.74) is 2.35. The van der Waals surface area contributed by atoms with Crippen LogP contribution >= 0.6 is 0 Å². The molecular formula is C26H29FN8O3. The number of aromatic nitrogens is 5.